The first-order valence-electron chi connectivity index (χ1n) is 7.20. The molecule has 2 aromatic rings. The molecule has 0 saturated carbocycles. The molecule has 0 aromatic heterocycles. The summed E-state index contributed by atoms with van der Waals surface area (Å²) in [5.41, 5.74) is 1.11. The van der Waals surface area contributed by atoms with E-state index in [1.165, 1.54) is 18.2 Å². The lowest BCUT2D eigenvalue weighted by molar-refractivity contribution is -0.384. The van der Waals surface area contributed by atoms with Crippen molar-refractivity contribution in [3.63, 3.8) is 0 Å². The Morgan fingerprint density at radius 3 is 2.73 bits per heavy atom. The summed E-state index contributed by atoms with van der Waals surface area (Å²) in [5, 5.41) is 16.0. The maximum Gasteiger partial charge on any atom is 0.289 e. The molecule has 0 heterocycles. The predicted molar refractivity (Wildman–Crippen MR) is 107 cm³/mol. The number of amides is 1. The highest BCUT2D eigenvalue weighted by molar-refractivity contribution is 9.10. The van der Waals surface area contributed by atoms with Gasteiger partial charge in [0.1, 0.15) is 10.8 Å². The number of nitrogens with one attached hydrogen (secondary N) is 2. The molecular formula is C16H13BrClN3O4S. The second kappa shape index (κ2) is 8.93. The Balaban J connectivity index is 1.90. The number of anilines is 1. The number of ether oxygens (including phenoxy) is 1. The van der Waals surface area contributed by atoms with E-state index in [0.29, 0.717) is 11.4 Å². The number of hydrogen-bond acceptors (Lipinski definition) is 5. The van der Waals surface area contributed by atoms with E-state index in [-0.39, 0.29) is 22.4 Å². The van der Waals surface area contributed by atoms with E-state index in [2.05, 4.69) is 26.6 Å². The molecule has 0 spiro atoms. The molecule has 2 N–H and O–H groups in total. The second-order valence-corrected chi connectivity index (χ2v) is 6.82. The van der Waals surface area contributed by atoms with E-state index in [1.807, 2.05) is 19.1 Å². The van der Waals surface area contributed by atoms with Crippen LogP contribution >= 0.6 is 39.7 Å². The fraction of sp³-hybridized carbons (Fsp3) is 0.125. The summed E-state index contributed by atoms with van der Waals surface area (Å²) in [6, 6.07) is 9.57. The van der Waals surface area contributed by atoms with Crippen molar-refractivity contribution in [1.29, 1.82) is 0 Å². The van der Waals surface area contributed by atoms with Crippen LogP contribution in [-0.4, -0.2) is 22.5 Å². The maximum absolute atomic E-state index is 11.9. The van der Waals surface area contributed by atoms with Crippen molar-refractivity contribution in [2.45, 2.75) is 6.92 Å². The molecular weight excluding hydrogens is 446 g/mol. The molecule has 0 bridgehead atoms. The van der Waals surface area contributed by atoms with Gasteiger partial charge in [0.2, 0.25) is 0 Å². The molecule has 0 radical (unpaired) electrons. The zero-order valence-corrected chi connectivity index (χ0v) is 16.6. The predicted octanol–water partition coefficient (Wildman–Crippen LogP) is 4.21. The summed E-state index contributed by atoms with van der Waals surface area (Å²) < 4.78 is 6.15. The Hall–Kier alpha value is -2.23. The molecule has 0 aliphatic heterocycles. The number of halogens is 2. The average molecular weight is 459 g/mol. The number of nitro benzene ring substituents is 1. The van der Waals surface area contributed by atoms with Crippen molar-refractivity contribution in [2.24, 2.45) is 0 Å². The molecule has 7 nitrogen and oxygen atoms in total. The van der Waals surface area contributed by atoms with Gasteiger partial charge in [-0.2, -0.15) is 0 Å². The standard InChI is InChI=1S/C16H13BrClN3O4S/c1-9-2-5-14(11(17)6-9)25-8-15(22)20-16(26)19-10-3-4-12(18)13(7-10)21(23)24/h2-7H,8H2,1H3,(H2,19,20,22,26). The van der Waals surface area contributed by atoms with Gasteiger partial charge < -0.3 is 10.1 Å². The highest BCUT2D eigenvalue weighted by atomic mass is 79.9. The molecule has 0 fully saturated rings. The summed E-state index contributed by atoms with van der Waals surface area (Å²) >= 11 is 14.1. The van der Waals surface area contributed by atoms with Crippen LogP contribution < -0.4 is 15.4 Å². The fourth-order valence-corrected chi connectivity index (χ4v) is 2.95. The van der Waals surface area contributed by atoms with Crippen LogP contribution in [0.1, 0.15) is 5.56 Å². The van der Waals surface area contributed by atoms with Crippen LogP contribution in [0.4, 0.5) is 11.4 Å². The lowest BCUT2D eigenvalue weighted by Crippen LogP contribution is -2.37. The molecule has 0 atom stereocenters. The normalized spacial score (nSPS) is 10.1. The van der Waals surface area contributed by atoms with Gasteiger partial charge in [0.15, 0.2) is 11.7 Å². The number of benzene rings is 2. The monoisotopic (exact) mass is 457 g/mol. The lowest BCUT2D eigenvalue weighted by atomic mass is 10.2. The number of carbonyl (C=O) groups excluding carboxylic acids is 1. The summed E-state index contributed by atoms with van der Waals surface area (Å²) in [6.07, 6.45) is 0. The molecule has 2 rings (SSSR count). The summed E-state index contributed by atoms with van der Waals surface area (Å²) in [6.45, 7) is 1.69. The van der Waals surface area contributed by atoms with Crippen LogP contribution in [0.5, 0.6) is 5.75 Å². The smallest absolute Gasteiger partial charge is 0.289 e. The summed E-state index contributed by atoms with van der Waals surface area (Å²) in [4.78, 5) is 22.2. The maximum atomic E-state index is 11.9. The van der Waals surface area contributed by atoms with Gasteiger partial charge in [-0.05, 0) is 64.9 Å². The third-order valence-corrected chi connectivity index (χ3v) is 4.24. The van der Waals surface area contributed by atoms with Gasteiger partial charge >= 0.3 is 0 Å². The molecule has 1 amide bonds. The fourth-order valence-electron chi connectivity index (χ4n) is 1.92. The minimum Gasteiger partial charge on any atom is -0.483 e. The van der Waals surface area contributed by atoms with Crippen molar-refractivity contribution >= 4 is 62.1 Å². The number of carbonyl (C=O) groups is 1. The zero-order valence-electron chi connectivity index (χ0n) is 13.4. The van der Waals surface area contributed by atoms with Gasteiger partial charge in [-0.3, -0.25) is 20.2 Å². The van der Waals surface area contributed by atoms with Crippen molar-refractivity contribution in [3.8, 4) is 5.75 Å². The van der Waals surface area contributed by atoms with Crippen LogP contribution in [0.2, 0.25) is 5.02 Å². The first-order valence-corrected chi connectivity index (χ1v) is 8.78. The van der Waals surface area contributed by atoms with E-state index in [4.69, 9.17) is 28.6 Å². The number of nitrogens with zero attached hydrogens (tertiary/aromatic N) is 1. The molecule has 0 aliphatic rings. The van der Waals surface area contributed by atoms with Crippen LogP contribution in [-0.2, 0) is 4.79 Å². The molecule has 0 saturated heterocycles. The molecule has 0 unspecified atom stereocenters. The van der Waals surface area contributed by atoms with E-state index in [9.17, 15) is 14.9 Å². The number of hydrogen-bond donors (Lipinski definition) is 2. The van der Waals surface area contributed by atoms with E-state index in [1.54, 1.807) is 6.07 Å². The molecule has 26 heavy (non-hydrogen) atoms. The van der Waals surface area contributed by atoms with Crippen molar-refractivity contribution in [1.82, 2.24) is 5.32 Å². The largest absolute Gasteiger partial charge is 0.483 e. The topological polar surface area (TPSA) is 93.5 Å². The molecule has 10 heteroatoms. The van der Waals surface area contributed by atoms with Crippen molar-refractivity contribution in [3.05, 3.63) is 61.6 Å². The van der Waals surface area contributed by atoms with Gasteiger partial charge in [-0.1, -0.05) is 17.7 Å². The zero-order chi connectivity index (χ0) is 19.3. The lowest BCUT2D eigenvalue weighted by Gasteiger charge is -2.11. The third-order valence-electron chi connectivity index (χ3n) is 3.10. The van der Waals surface area contributed by atoms with Crippen molar-refractivity contribution < 1.29 is 14.5 Å². The molecule has 136 valence electrons. The van der Waals surface area contributed by atoms with Crippen molar-refractivity contribution in [2.75, 3.05) is 11.9 Å². The average Bonchev–Trinajstić information content (AvgIpc) is 2.55. The Morgan fingerprint density at radius 1 is 1.35 bits per heavy atom. The SMILES string of the molecule is Cc1ccc(OCC(=O)NC(=S)Nc2ccc(Cl)c([N+](=O)[O-])c2)c(Br)c1. The highest BCUT2D eigenvalue weighted by Gasteiger charge is 2.14. The first-order chi connectivity index (χ1) is 12.3. The second-order valence-electron chi connectivity index (χ2n) is 5.15. The van der Waals surface area contributed by atoms with Gasteiger partial charge in [0.05, 0.1) is 9.40 Å². The first kappa shape index (κ1) is 20.1. The minimum atomic E-state index is -0.609. The molecule has 0 aliphatic carbocycles. The van der Waals surface area contributed by atoms with Gasteiger partial charge in [0, 0.05) is 11.8 Å². The van der Waals surface area contributed by atoms with Crippen LogP contribution in [0, 0.1) is 17.0 Å². The van der Waals surface area contributed by atoms with Crippen LogP contribution in [0.15, 0.2) is 40.9 Å². The number of thiocarbonyl (C=S) groups is 1. The minimum absolute atomic E-state index is 0.00702. The van der Waals surface area contributed by atoms with E-state index in [0.717, 1.165) is 10.0 Å². The molecule has 2 aromatic carbocycles. The van der Waals surface area contributed by atoms with Crippen LogP contribution in [0.3, 0.4) is 0 Å². The Labute approximate surface area is 168 Å². The number of rotatable bonds is 5. The third kappa shape index (κ3) is 5.65. The quantitative estimate of drug-likeness (QED) is 0.396. The number of aryl methyl sites for hydroxylation is 1. The van der Waals surface area contributed by atoms with Gasteiger partial charge in [-0.25, -0.2) is 0 Å². The van der Waals surface area contributed by atoms with E-state index >= 15 is 0 Å². The van der Waals surface area contributed by atoms with Gasteiger partial charge in [0.25, 0.3) is 11.6 Å². The van der Waals surface area contributed by atoms with Gasteiger partial charge in [-0.15, -0.1) is 0 Å². The summed E-state index contributed by atoms with van der Waals surface area (Å²) in [7, 11) is 0. The Morgan fingerprint density at radius 2 is 2.08 bits per heavy atom. The number of nitro groups is 1. The Kier molecular flexibility index (Phi) is 6.90. The van der Waals surface area contributed by atoms with Crippen LogP contribution in [0.25, 0.3) is 0 Å². The Bertz CT molecular complexity index is 879. The summed E-state index contributed by atoms with van der Waals surface area (Å²) in [5.74, 6) is 0.0522. The van der Waals surface area contributed by atoms with E-state index < -0.39 is 10.8 Å². The highest BCUT2D eigenvalue weighted by Crippen LogP contribution is 2.27.